The molecule has 1 unspecified atom stereocenters. The van der Waals surface area contributed by atoms with Crippen LogP contribution in [0.25, 0.3) is 0 Å². The fourth-order valence-corrected chi connectivity index (χ4v) is 1.54. The third-order valence-electron chi connectivity index (χ3n) is 2.39. The zero-order valence-corrected chi connectivity index (χ0v) is 8.98. The van der Waals surface area contributed by atoms with E-state index in [0.717, 1.165) is 13.1 Å². The van der Waals surface area contributed by atoms with Crippen LogP contribution in [0.1, 0.15) is 10.5 Å². The van der Waals surface area contributed by atoms with Crippen molar-refractivity contribution in [1.82, 2.24) is 15.6 Å². The Kier molecular flexibility index (Phi) is 3.85. The first kappa shape index (κ1) is 11.0. The van der Waals surface area contributed by atoms with Crippen molar-refractivity contribution in [1.29, 1.82) is 0 Å². The molecule has 1 saturated heterocycles. The number of pyridine rings is 1. The Morgan fingerprint density at radius 1 is 1.62 bits per heavy atom. The van der Waals surface area contributed by atoms with Crippen molar-refractivity contribution < 1.29 is 9.53 Å². The van der Waals surface area contributed by atoms with Crippen molar-refractivity contribution in [3.05, 3.63) is 30.1 Å². The van der Waals surface area contributed by atoms with Crippen molar-refractivity contribution in [3.63, 3.8) is 0 Å². The molecule has 0 bridgehead atoms. The number of carbonyl (C=O) groups excluding carboxylic acids is 1. The van der Waals surface area contributed by atoms with E-state index in [4.69, 9.17) is 4.74 Å². The summed E-state index contributed by atoms with van der Waals surface area (Å²) >= 11 is 0. The molecule has 0 spiro atoms. The maximum Gasteiger partial charge on any atom is 0.269 e. The van der Waals surface area contributed by atoms with Gasteiger partial charge in [-0.05, 0) is 12.1 Å². The molecular formula is C11H15N3O2. The maximum atomic E-state index is 11.6. The minimum Gasteiger partial charge on any atom is -0.374 e. The molecule has 2 N–H and O–H groups in total. The molecule has 0 aromatic carbocycles. The second-order valence-corrected chi connectivity index (χ2v) is 3.62. The summed E-state index contributed by atoms with van der Waals surface area (Å²) in [6.07, 6.45) is 1.66. The monoisotopic (exact) mass is 221 g/mol. The Morgan fingerprint density at radius 2 is 2.56 bits per heavy atom. The molecule has 1 aliphatic heterocycles. The smallest absolute Gasteiger partial charge is 0.269 e. The van der Waals surface area contributed by atoms with Crippen LogP contribution >= 0.6 is 0 Å². The fourth-order valence-electron chi connectivity index (χ4n) is 1.54. The molecule has 1 amide bonds. The van der Waals surface area contributed by atoms with Gasteiger partial charge in [0.05, 0.1) is 12.7 Å². The summed E-state index contributed by atoms with van der Waals surface area (Å²) in [5.41, 5.74) is 0.436. The largest absolute Gasteiger partial charge is 0.374 e. The molecule has 1 atom stereocenters. The van der Waals surface area contributed by atoms with E-state index in [1.165, 1.54) is 0 Å². The first-order valence-corrected chi connectivity index (χ1v) is 5.38. The lowest BCUT2D eigenvalue weighted by Gasteiger charge is -2.23. The Labute approximate surface area is 94.2 Å². The van der Waals surface area contributed by atoms with Crippen LogP contribution in [-0.4, -0.2) is 43.2 Å². The molecule has 0 radical (unpaired) electrons. The van der Waals surface area contributed by atoms with Gasteiger partial charge < -0.3 is 15.4 Å². The summed E-state index contributed by atoms with van der Waals surface area (Å²) in [4.78, 5) is 15.6. The number of nitrogens with one attached hydrogen (secondary N) is 2. The highest BCUT2D eigenvalue weighted by atomic mass is 16.5. The Hall–Kier alpha value is -1.46. The van der Waals surface area contributed by atoms with E-state index in [-0.39, 0.29) is 12.0 Å². The van der Waals surface area contributed by atoms with Gasteiger partial charge in [0.25, 0.3) is 5.91 Å². The van der Waals surface area contributed by atoms with Gasteiger partial charge in [0.15, 0.2) is 0 Å². The van der Waals surface area contributed by atoms with Gasteiger partial charge in [-0.2, -0.15) is 0 Å². The van der Waals surface area contributed by atoms with Crippen LogP contribution in [0.15, 0.2) is 24.4 Å². The van der Waals surface area contributed by atoms with E-state index in [1.54, 1.807) is 24.4 Å². The zero-order chi connectivity index (χ0) is 11.2. The lowest BCUT2D eigenvalue weighted by Crippen LogP contribution is -2.45. The molecular weight excluding hydrogens is 206 g/mol. The van der Waals surface area contributed by atoms with Crippen LogP contribution in [0, 0.1) is 0 Å². The Morgan fingerprint density at radius 3 is 3.25 bits per heavy atom. The number of carbonyl (C=O) groups is 1. The first-order valence-electron chi connectivity index (χ1n) is 5.38. The topological polar surface area (TPSA) is 63.2 Å². The van der Waals surface area contributed by atoms with Crippen LogP contribution in [0.3, 0.4) is 0 Å². The van der Waals surface area contributed by atoms with Gasteiger partial charge in [0.2, 0.25) is 0 Å². The van der Waals surface area contributed by atoms with E-state index < -0.39 is 0 Å². The second kappa shape index (κ2) is 5.58. The minimum atomic E-state index is -0.158. The van der Waals surface area contributed by atoms with E-state index in [9.17, 15) is 4.79 Å². The van der Waals surface area contributed by atoms with Crippen LogP contribution in [-0.2, 0) is 4.74 Å². The maximum absolute atomic E-state index is 11.6. The number of morpholine rings is 1. The average Bonchev–Trinajstić information content (AvgIpc) is 2.38. The summed E-state index contributed by atoms with van der Waals surface area (Å²) in [5.74, 6) is -0.158. The third-order valence-corrected chi connectivity index (χ3v) is 2.39. The standard InChI is InChI=1S/C11H15N3O2/c15-11(10-3-1-2-4-13-10)14-8-9-7-12-5-6-16-9/h1-4,9,12H,5-8H2,(H,14,15). The molecule has 0 saturated carbocycles. The summed E-state index contributed by atoms with van der Waals surface area (Å²) in [6.45, 7) is 2.87. The van der Waals surface area contributed by atoms with Gasteiger partial charge in [0, 0.05) is 25.8 Å². The molecule has 5 nitrogen and oxygen atoms in total. The number of hydrogen-bond donors (Lipinski definition) is 2. The zero-order valence-electron chi connectivity index (χ0n) is 8.98. The van der Waals surface area contributed by atoms with Gasteiger partial charge in [-0.15, -0.1) is 0 Å². The van der Waals surface area contributed by atoms with Gasteiger partial charge in [-0.1, -0.05) is 6.07 Å². The summed E-state index contributed by atoms with van der Waals surface area (Å²) < 4.78 is 5.47. The quantitative estimate of drug-likeness (QED) is 0.742. The fraction of sp³-hybridized carbons (Fsp3) is 0.455. The summed E-state index contributed by atoms with van der Waals surface area (Å²) in [6, 6.07) is 5.26. The third kappa shape index (κ3) is 3.01. The Bertz CT molecular complexity index is 336. The Balaban J connectivity index is 1.79. The first-order chi connectivity index (χ1) is 7.86. The van der Waals surface area contributed by atoms with Crippen molar-refractivity contribution >= 4 is 5.91 Å². The van der Waals surface area contributed by atoms with Crippen molar-refractivity contribution in [2.75, 3.05) is 26.2 Å². The molecule has 16 heavy (non-hydrogen) atoms. The number of amides is 1. The predicted molar refractivity (Wildman–Crippen MR) is 59.2 cm³/mol. The minimum absolute atomic E-state index is 0.0569. The molecule has 1 fully saturated rings. The van der Waals surface area contributed by atoms with Gasteiger partial charge in [-0.3, -0.25) is 9.78 Å². The molecule has 86 valence electrons. The van der Waals surface area contributed by atoms with E-state index >= 15 is 0 Å². The van der Waals surface area contributed by atoms with Crippen LogP contribution < -0.4 is 10.6 Å². The average molecular weight is 221 g/mol. The molecule has 1 aromatic heterocycles. The molecule has 1 aromatic rings. The second-order valence-electron chi connectivity index (χ2n) is 3.62. The lowest BCUT2D eigenvalue weighted by molar-refractivity contribution is 0.0287. The van der Waals surface area contributed by atoms with E-state index in [1.807, 2.05) is 0 Å². The van der Waals surface area contributed by atoms with Crippen molar-refractivity contribution in [2.24, 2.45) is 0 Å². The summed E-state index contributed by atoms with van der Waals surface area (Å²) in [7, 11) is 0. The van der Waals surface area contributed by atoms with Gasteiger partial charge in [0.1, 0.15) is 5.69 Å². The van der Waals surface area contributed by atoms with Crippen LogP contribution in [0.2, 0.25) is 0 Å². The molecule has 5 heteroatoms. The molecule has 2 heterocycles. The number of aromatic nitrogens is 1. The number of hydrogen-bond acceptors (Lipinski definition) is 4. The highest BCUT2D eigenvalue weighted by Gasteiger charge is 2.14. The van der Waals surface area contributed by atoms with Crippen molar-refractivity contribution in [3.8, 4) is 0 Å². The highest BCUT2D eigenvalue weighted by Crippen LogP contribution is 1.96. The number of rotatable bonds is 3. The molecule has 0 aliphatic carbocycles. The number of ether oxygens (including phenoxy) is 1. The van der Waals surface area contributed by atoms with E-state index in [0.29, 0.717) is 18.8 Å². The van der Waals surface area contributed by atoms with Crippen LogP contribution in [0.4, 0.5) is 0 Å². The van der Waals surface area contributed by atoms with Crippen LogP contribution in [0.5, 0.6) is 0 Å². The highest BCUT2D eigenvalue weighted by molar-refractivity contribution is 5.92. The predicted octanol–water partition coefficient (Wildman–Crippen LogP) is -0.200. The SMILES string of the molecule is O=C(NCC1CNCCO1)c1ccccn1. The summed E-state index contributed by atoms with van der Waals surface area (Å²) in [5, 5.41) is 6.01. The van der Waals surface area contributed by atoms with Gasteiger partial charge >= 0.3 is 0 Å². The van der Waals surface area contributed by atoms with Crippen molar-refractivity contribution in [2.45, 2.75) is 6.10 Å². The number of nitrogens with zero attached hydrogens (tertiary/aromatic N) is 1. The van der Waals surface area contributed by atoms with E-state index in [2.05, 4.69) is 15.6 Å². The normalized spacial score (nSPS) is 20.4. The molecule has 1 aliphatic rings. The van der Waals surface area contributed by atoms with Gasteiger partial charge in [-0.25, -0.2) is 0 Å². The lowest BCUT2D eigenvalue weighted by atomic mass is 10.3. The molecule has 2 rings (SSSR count).